The number of carbonyl (C=O) groups is 1. The van der Waals surface area contributed by atoms with Crippen molar-refractivity contribution in [2.75, 3.05) is 45.7 Å². The first kappa shape index (κ1) is 34.0. The van der Waals surface area contributed by atoms with Crippen LogP contribution in [0.3, 0.4) is 0 Å². The van der Waals surface area contributed by atoms with E-state index in [0.717, 1.165) is 9.99 Å². The SMILES string of the molecule is CN(C)c1cccc2c(S(=O)(=O)N(C)CCN(CC(=O)NO)S(=O)(=O)c3cc(F)c(Oc4ccc(Cl)cc4)c(F)c3)cccc12. The minimum Gasteiger partial charge on any atom is -0.451 e. The first-order valence-electron chi connectivity index (χ1n) is 13.2. The Morgan fingerprint density at radius 1 is 0.867 bits per heavy atom. The van der Waals surface area contributed by atoms with Crippen LogP contribution in [0.25, 0.3) is 10.8 Å². The lowest BCUT2D eigenvalue weighted by molar-refractivity contribution is -0.129. The number of hydrogen-bond donors (Lipinski definition) is 2. The predicted molar refractivity (Wildman–Crippen MR) is 165 cm³/mol. The predicted octanol–water partition coefficient (Wildman–Crippen LogP) is 4.45. The van der Waals surface area contributed by atoms with E-state index in [1.54, 1.807) is 24.3 Å². The van der Waals surface area contributed by atoms with Crippen molar-refractivity contribution in [3.05, 3.63) is 89.5 Å². The minimum absolute atomic E-state index is 0.0300. The van der Waals surface area contributed by atoms with Gasteiger partial charge in [-0.25, -0.2) is 31.1 Å². The number of rotatable bonds is 12. The largest absolute Gasteiger partial charge is 0.451 e. The number of nitrogens with one attached hydrogen (secondary N) is 1. The Bertz CT molecular complexity index is 1920. The fourth-order valence-electron chi connectivity index (χ4n) is 4.45. The molecule has 0 spiro atoms. The number of fused-ring (bicyclic) bond motifs is 1. The highest BCUT2D eigenvalue weighted by molar-refractivity contribution is 7.89. The van der Waals surface area contributed by atoms with Crippen LogP contribution in [0.4, 0.5) is 14.5 Å². The lowest BCUT2D eigenvalue weighted by atomic mass is 10.1. The van der Waals surface area contributed by atoms with Crippen molar-refractivity contribution in [3.8, 4) is 11.5 Å². The second kappa shape index (κ2) is 13.6. The molecule has 0 aliphatic carbocycles. The molecule has 4 aromatic rings. The van der Waals surface area contributed by atoms with E-state index in [1.807, 2.05) is 25.1 Å². The zero-order chi connectivity index (χ0) is 33.1. The molecule has 2 N–H and O–H groups in total. The second-order valence-electron chi connectivity index (χ2n) is 10.00. The summed E-state index contributed by atoms with van der Waals surface area (Å²) in [6.45, 7) is -2.07. The van der Waals surface area contributed by atoms with E-state index in [2.05, 4.69) is 0 Å². The molecular formula is C29H29ClF2N4O7S2. The molecule has 16 heteroatoms. The van der Waals surface area contributed by atoms with E-state index in [9.17, 15) is 30.4 Å². The summed E-state index contributed by atoms with van der Waals surface area (Å²) in [5, 5.41) is 10.5. The maximum atomic E-state index is 15.0. The van der Waals surface area contributed by atoms with E-state index < -0.39 is 67.9 Å². The molecule has 0 aliphatic heterocycles. The number of halogens is 3. The summed E-state index contributed by atoms with van der Waals surface area (Å²) < 4.78 is 90.9. The van der Waals surface area contributed by atoms with E-state index in [-0.39, 0.29) is 10.6 Å². The van der Waals surface area contributed by atoms with Gasteiger partial charge in [-0.3, -0.25) is 10.0 Å². The van der Waals surface area contributed by atoms with Gasteiger partial charge < -0.3 is 9.64 Å². The summed E-state index contributed by atoms with van der Waals surface area (Å²) in [5.41, 5.74) is 2.08. The van der Waals surface area contributed by atoms with Crippen molar-refractivity contribution in [2.45, 2.75) is 9.79 Å². The number of amides is 1. The van der Waals surface area contributed by atoms with E-state index in [1.165, 1.54) is 42.9 Å². The van der Waals surface area contributed by atoms with Gasteiger partial charge in [0.2, 0.25) is 20.0 Å². The molecule has 0 heterocycles. The van der Waals surface area contributed by atoms with Gasteiger partial charge in [-0.15, -0.1) is 0 Å². The van der Waals surface area contributed by atoms with Gasteiger partial charge in [-0.1, -0.05) is 35.9 Å². The van der Waals surface area contributed by atoms with E-state index in [0.29, 0.717) is 32.2 Å². The fraction of sp³-hybridized carbons (Fsp3) is 0.207. The average molecular weight is 683 g/mol. The van der Waals surface area contributed by atoms with Gasteiger partial charge in [0, 0.05) is 55.7 Å². The third-order valence-electron chi connectivity index (χ3n) is 6.78. The topological polar surface area (TPSA) is 137 Å². The number of sulfonamides is 2. The molecule has 0 bridgehead atoms. The number of hydroxylamine groups is 1. The lowest BCUT2D eigenvalue weighted by Crippen LogP contribution is -2.44. The van der Waals surface area contributed by atoms with Crippen molar-refractivity contribution in [3.63, 3.8) is 0 Å². The Kier molecular flexibility index (Phi) is 10.3. The summed E-state index contributed by atoms with van der Waals surface area (Å²) in [4.78, 5) is 13.0. The molecule has 0 atom stereocenters. The van der Waals surface area contributed by atoms with Gasteiger partial charge in [-0.2, -0.15) is 8.61 Å². The molecule has 240 valence electrons. The Hall–Kier alpha value is -3.86. The van der Waals surface area contributed by atoms with Crippen LogP contribution in [-0.4, -0.2) is 77.3 Å². The maximum Gasteiger partial charge on any atom is 0.258 e. The van der Waals surface area contributed by atoms with Crippen molar-refractivity contribution in [1.82, 2.24) is 14.1 Å². The molecule has 4 aromatic carbocycles. The van der Waals surface area contributed by atoms with Crippen molar-refractivity contribution in [2.24, 2.45) is 0 Å². The smallest absolute Gasteiger partial charge is 0.258 e. The zero-order valence-corrected chi connectivity index (χ0v) is 26.6. The van der Waals surface area contributed by atoms with Gasteiger partial charge in [0.25, 0.3) is 5.91 Å². The number of benzene rings is 4. The summed E-state index contributed by atoms with van der Waals surface area (Å²) in [7, 11) is -4.16. The monoisotopic (exact) mass is 682 g/mol. The molecule has 0 saturated carbocycles. The summed E-state index contributed by atoms with van der Waals surface area (Å²) in [5.74, 6) is -4.74. The number of hydrogen-bond acceptors (Lipinski definition) is 8. The molecule has 0 unspecified atom stereocenters. The standard InChI is InChI=1S/C29H29ClF2N4O7S2/c1-34(2)26-8-4-7-23-22(26)6-5-9-27(23)45(41,42)35(3)14-15-36(18-28(37)33-38)44(39,40)21-16-24(31)29(25(32)17-21)43-20-12-10-19(30)11-13-20/h4-13,16-17,38H,14-15,18H2,1-3H3,(H,33,37). The Labute approximate surface area is 264 Å². The zero-order valence-electron chi connectivity index (χ0n) is 24.2. The molecule has 0 aliphatic rings. The first-order chi connectivity index (χ1) is 21.2. The highest BCUT2D eigenvalue weighted by atomic mass is 35.5. The number of anilines is 1. The minimum atomic E-state index is -4.82. The lowest BCUT2D eigenvalue weighted by Gasteiger charge is -2.25. The van der Waals surface area contributed by atoms with Gasteiger partial charge in [0.1, 0.15) is 5.75 Å². The third kappa shape index (κ3) is 7.35. The maximum absolute atomic E-state index is 15.0. The van der Waals surface area contributed by atoms with Gasteiger partial charge >= 0.3 is 0 Å². The molecule has 0 aromatic heterocycles. The van der Waals surface area contributed by atoms with Crippen LogP contribution in [0.15, 0.2) is 82.6 Å². The summed E-state index contributed by atoms with van der Waals surface area (Å²) in [6.07, 6.45) is 0. The van der Waals surface area contributed by atoms with Crippen molar-refractivity contribution >= 4 is 54.0 Å². The van der Waals surface area contributed by atoms with Crippen LogP contribution >= 0.6 is 11.6 Å². The van der Waals surface area contributed by atoms with Crippen LogP contribution in [0.2, 0.25) is 5.02 Å². The number of likely N-dealkylation sites (N-methyl/N-ethyl adjacent to an activating group) is 1. The first-order valence-corrected chi connectivity index (χ1v) is 16.4. The van der Waals surface area contributed by atoms with Crippen LogP contribution < -0.4 is 15.1 Å². The van der Waals surface area contributed by atoms with Crippen LogP contribution in [0.5, 0.6) is 11.5 Å². The Morgan fingerprint density at radius 3 is 2.07 bits per heavy atom. The molecule has 0 saturated heterocycles. The number of ether oxygens (including phenoxy) is 1. The van der Waals surface area contributed by atoms with Crippen LogP contribution in [0.1, 0.15) is 0 Å². The van der Waals surface area contributed by atoms with Crippen LogP contribution in [0, 0.1) is 11.6 Å². The average Bonchev–Trinajstić information content (AvgIpc) is 3.00. The van der Waals surface area contributed by atoms with Crippen molar-refractivity contribution < 1.29 is 40.4 Å². The molecule has 0 fully saturated rings. The van der Waals surface area contributed by atoms with Gasteiger partial charge in [0.15, 0.2) is 17.4 Å². The molecule has 11 nitrogen and oxygen atoms in total. The molecule has 45 heavy (non-hydrogen) atoms. The van der Waals surface area contributed by atoms with Gasteiger partial charge in [0.05, 0.1) is 16.3 Å². The van der Waals surface area contributed by atoms with E-state index >= 15 is 0 Å². The third-order valence-corrected chi connectivity index (χ3v) is 10.8. The Morgan fingerprint density at radius 2 is 1.47 bits per heavy atom. The summed E-state index contributed by atoms with van der Waals surface area (Å²) >= 11 is 5.81. The van der Waals surface area contributed by atoms with E-state index in [4.69, 9.17) is 21.5 Å². The number of nitrogens with zero attached hydrogens (tertiary/aromatic N) is 3. The fourth-order valence-corrected chi connectivity index (χ4v) is 7.35. The normalized spacial score (nSPS) is 12.1. The Balaban J connectivity index is 1.62. The molecular weight excluding hydrogens is 654 g/mol. The molecule has 0 radical (unpaired) electrons. The highest BCUT2D eigenvalue weighted by Crippen LogP contribution is 2.33. The quantitative estimate of drug-likeness (QED) is 0.165. The molecule has 4 rings (SSSR count). The van der Waals surface area contributed by atoms with Crippen LogP contribution in [-0.2, 0) is 24.8 Å². The number of carbonyl (C=O) groups excluding carboxylic acids is 1. The summed E-state index contributed by atoms with van der Waals surface area (Å²) in [6, 6.07) is 16.5. The van der Waals surface area contributed by atoms with Crippen molar-refractivity contribution in [1.29, 1.82) is 0 Å². The second-order valence-corrected chi connectivity index (χ2v) is 14.4. The van der Waals surface area contributed by atoms with Gasteiger partial charge in [-0.05, 0) is 48.5 Å². The molecule has 1 amide bonds. The highest BCUT2D eigenvalue weighted by Gasteiger charge is 2.31.